The van der Waals surface area contributed by atoms with Gasteiger partial charge in [-0.1, -0.05) is 19.3 Å². The van der Waals surface area contributed by atoms with Crippen molar-refractivity contribution in [3.63, 3.8) is 0 Å². The Hall–Kier alpha value is -0.160. The van der Waals surface area contributed by atoms with Crippen molar-refractivity contribution in [1.29, 1.82) is 0 Å². The number of hydrogen-bond donors (Lipinski definition) is 2. The normalized spacial score (nSPS) is 28.5. The molecule has 0 aliphatic heterocycles. The van der Waals surface area contributed by atoms with Crippen LogP contribution in [-0.2, 0) is 9.47 Å². The van der Waals surface area contributed by atoms with Crippen LogP contribution in [0.15, 0.2) is 0 Å². The maximum Gasteiger partial charge on any atom is 0.0697 e. The van der Waals surface area contributed by atoms with E-state index in [1.165, 1.54) is 38.5 Å². The van der Waals surface area contributed by atoms with Crippen molar-refractivity contribution in [2.24, 2.45) is 5.41 Å². The Morgan fingerprint density at radius 2 is 2.00 bits per heavy atom. The van der Waals surface area contributed by atoms with E-state index < -0.39 is 0 Å². The van der Waals surface area contributed by atoms with Gasteiger partial charge >= 0.3 is 0 Å². The highest BCUT2D eigenvalue weighted by atomic mass is 16.5. The predicted octanol–water partition coefficient (Wildman–Crippen LogP) is 2.10. The van der Waals surface area contributed by atoms with Crippen LogP contribution in [0.2, 0.25) is 0 Å². The molecule has 2 atom stereocenters. The molecule has 0 saturated heterocycles. The fraction of sp³-hybridized carbons (Fsp3) is 1.00. The lowest BCUT2D eigenvalue weighted by molar-refractivity contribution is -0.150. The first-order valence-corrected chi connectivity index (χ1v) is 8.37. The number of rotatable bonds is 9. The quantitative estimate of drug-likeness (QED) is 0.637. The number of hydrogen-bond acceptors (Lipinski definition) is 4. The van der Waals surface area contributed by atoms with E-state index in [4.69, 9.17) is 14.6 Å². The van der Waals surface area contributed by atoms with Crippen molar-refractivity contribution < 1.29 is 14.6 Å². The summed E-state index contributed by atoms with van der Waals surface area (Å²) in [6, 6.07) is 0.636. The van der Waals surface area contributed by atoms with Gasteiger partial charge in [-0.3, -0.25) is 0 Å². The van der Waals surface area contributed by atoms with Crippen molar-refractivity contribution in [2.75, 3.05) is 33.0 Å². The van der Waals surface area contributed by atoms with Gasteiger partial charge in [0, 0.05) is 24.7 Å². The minimum atomic E-state index is 0.120. The molecule has 2 aliphatic rings. The van der Waals surface area contributed by atoms with Crippen LogP contribution < -0.4 is 5.32 Å². The summed E-state index contributed by atoms with van der Waals surface area (Å²) in [5.74, 6) is 0. The molecule has 2 saturated carbocycles. The highest BCUT2D eigenvalue weighted by Crippen LogP contribution is 2.53. The average molecular weight is 285 g/mol. The van der Waals surface area contributed by atoms with Crippen LogP contribution in [0, 0.1) is 5.41 Å². The summed E-state index contributed by atoms with van der Waals surface area (Å²) in [7, 11) is 0. The summed E-state index contributed by atoms with van der Waals surface area (Å²) in [6.07, 6.45) is 9.45. The summed E-state index contributed by atoms with van der Waals surface area (Å²) in [5.41, 5.74) is 0.417. The van der Waals surface area contributed by atoms with Gasteiger partial charge in [0.1, 0.15) is 0 Å². The Bertz CT molecular complexity index is 266. The van der Waals surface area contributed by atoms with Crippen LogP contribution in [0.1, 0.15) is 51.9 Å². The molecular weight excluding hydrogens is 254 g/mol. The van der Waals surface area contributed by atoms with Crippen molar-refractivity contribution >= 4 is 0 Å². The van der Waals surface area contributed by atoms with Crippen LogP contribution >= 0.6 is 0 Å². The standard InChI is InChI=1S/C16H31NO3/c1-2-20-15-13-14(16(15)7-4-3-5-8-16)17-9-6-11-19-12-10-18/h14-15,17-18H,2-13H2,1H3. The van der Waals surface area contributed by atoms with E-state index in [0.717, 1.165) is 26.2 Å². The van der Waals surface area contributed by atoms with Crippen LogP contribution in [-0.4, -0.2) is 50.2 Å². The smallest absolute Gasteiger partial charge is 0.0697 e. The van der Waals surface area contributed by atoms with Gasteiger partial charge in [0.2, 0.25) is 0 Å². The van der Waals surface area contributed by atoms with Gasteiger partial charge in [-0.05, 0) is 39.2 Å². The summed E-state index contributed by atoms with van der Waals surface area (Å²) < 4.78 is 11.3. The molecule has 0 bridgehead atoms. The fourth-order valence-corrected chi connectivity index (χ4v) is 3.97. The van der Waals surface area contributed by atoms with Gasteiger partial charge in [-0.2, -0.15) is 0 Å². The predicted molar refractivity (Wildman–Crippen MR) is 79.9 cm³/mol. The molecular formula is C16H31NO3. The number of aliphatic hydroxyl groups excluding tert-OH is 1. The lowest BCUT2D eigenvalue weighted by Crippen LogP contribution is -2.64. The third kappa shape index (κ3) is 3.73. The van der Waals surface area contributed by atoms with E-state index in [0.29, 0.717) is 24.2 Å². The monoisotopic (exact) mass is 285 g/mol. The molecule has 2 N–H and O–H groups in total. The van der Waals surface area contributed by atoms with E-state index in [-0.39, 0.29) is 6.61 Å². The molecule has 2 unspecified atom stereocenters. The van der Waals surface area contributed by atoms with Crippen molar-refractivity contribution in [1.82, 2.24) is 5.32 Å². The average Bonchev–Trinajstić information content (AvgIpc) is 2.49. The molecule has 0 amide bonds. The molecule has 4 heteroatoms. The maximum atomic E-state index is 8.65. The number of ether oxygens (including phenoxy) is 2. The molecule has 118 valence electrons. The molecule has 2 fully saturated rings. The van der Waals surface area contributed by atoms with E-state index in [1.54, 1.807) is 0 Å². The first kappa shape index (κ1) is 16.2. The molecule has 0 radical (unpaired) electrons. The van der Waals surface area contributed by atoms with Gasteiger partial charge in [0.05, 0.1) is 19.3 Å². The van der Waals surface area contributed by atoms with E-state index in [9.17, 15) is 0 Å². The minimum Gasteiger partial charge on any atom is -0.394 e. The van der Waals surface area contributed by atoms with Gasteiger partial charge in [0.25, 0.3) is 0 Å². The second-order valence-electron chi connectivity index (χ2n) is 6.17. The summed E-state index contributed by atoms with van der Waals surface area (Å²) in [4.78, 5) is 0. The van der Waals surface area contributed by atoms with Crippen LogP contribution in [0.3, 0.4) is 0 Å². The fourth-order valence-electron chi connectivity index (χ4n) is 3.97. The summed E-state index contributed by atoms with van der Waals surface area (Å²) in [6.45, 7) is 5.28. The molecule has 0 aromatic carbocycles. The molecule has 1 spiro atoms. The second-order valence-corrected chi connectivity index (χ2v) is 6.17. The maximum absolute atomic E-state index is 8.65. The van der Waals surface area contributed by atoms with Crippen molar-refractivity contribution in [3.05, 3.63) is 0 Å². The number of nitrogens with one attached hydrogen (secondary N) is 1. The zero-order valence-electron chi connectivity index (χ0n) is 12.9. The molecule has 20 heavy (non-hydrogen) atoms. The van der Waals surface area contributed by atoms with Crippen LogP contribution in [0.5, 0.6) is 0 Å². The molecule has 2 rings (SSSR count). The zero-order valence-corrected chi connectivity index (χ0v) is 12.9. The third-order valence-corrected chi connectivity index (χ3v) is 5.03. The first-order valence-electron chi connectivity index (χ1n) is 8.37. The summed E-state index contributed by atoms with van der Waals surface area (Å²) >= 11 is 0. The third-order valence-electron chi connectivity index (χ3n) is 5.03. The minimum absolute atomic E-state index is 0.120. The number of aliphatic hydroxyl groups is 1. The Kier molecular flexibility index (Phi) is 6.75. The van der Waals surface area contributed by atoms with E-state index >= 15 is 0 Å². The molecule has 0 aromatic heterocycles. The lowest BCUT2D eigenvalue weighted by Gasteiger charge is -2.58. The van der Waals surface area contributed by atoms with Crippen molar-refractivity contribution in [3.8, 4) is 0 Å². The second kappa shape index (κ2) is 8.32. The highest BCUT2D eigenvalue weighted by molar-refractivity contribution is 5.08. The lowest BCUT2D eigenvalue weighted by atomic mass is 9.55. The summed E-state index contributed by atoms with van der Waals surface area (Å²) in [5, 5.41) is 12.4. The van der Waals surface area contributed by atoms with E-state index in [2.05, 4.69) is 12.2 Å². The highest BCUT2D eigenvalue weighted by Gasteiger charge is 2.55. The van der Waals surface area contributed by atoms with Gasteiger partial charge < -0.3 is 19.9 Å². The van der Waals surface area contributed by atoms with Crippen LogP contribution in [0.25, 0.3) is 0 Å². The van der Waals surface area contributed by atoms with Gasteiger partial charge in [-0.15, -0.1) is 0 Å². The topological polar surface area (TPSA) is 50.7 Å². The Morgan fingerprint density at radius 1 is 1.20 bits per heavy atom. The first-order chi connectivity index (χ1) is 9.83. The largest absolute Gasteiger partial charge is 0.394 e. The SMILES string of the molecule is CCOC1CC(NCCCOCCO)C12CCCCC2. The molecule has 2 aliphatic carbocycles. The Morgan fingerprint density at radius 3 is 2.70 bits per heavy atom. The molecule has 4 nitrogen and oxygen atoms in total. The molecule has 0 aromatic rings. The van der Waals surface area contributed by atoms with E-state index in [1.807, 2.05) is 0 Å². The Labute approximate surface area is 123 Å². The molecule has 0 heterocycles. The van der Waals surface area contributed by atoms with Gasteiger partial charge in [0.15, 0.2) is 0 Å². The van der Waals surface area contributed by atoms with Crippen LogP contribution in [0.4, 0.5) is 0 Å². The van der Waals surface area contributed by atoms with Gasteiger partial charge in [-0.25, -0.2) is 0 Å². The zero-order chi connectivity index (χ0) is 14.3. The van der Waals surface area contributed by atoms with Crippen molar-refractivity contribution in [2.45, 2.75) is 64.0 Å². The Balaban J connectivity index is 1.71.